The zero-order valence-corrected chi connectivity index (χ0v) is 17.2. The van der Waals surface area contributed by atoms with Gasteiger partial charge in [-0.05, 0) is 64.7 Å². The molecule has 0 radical (unpaired) electrons. The molecule has 0 spiro atoms. The third-order valence-corrected chi connectivity index (χ3v) is 6.07. The van der Waals surface area contributed by atoms with E-state index in [9.17, 15) is 4.79 Å². The molecule has 0 aromatic heterocycles. The summed E-state index contributed by atoms with van der Waals surface area (Å²) in [6, 6.07) is 7.98. The highest BCUT2D eigenvalue weighted by molar-refractivity contribution is 6.62. The van der Waals surface area contributed by atoms with Gasteiger partial charge in [-0.3, -0.25) is 4.79 Å². The van der Waals surface area contributed by atoms with Crippen LogP contribution in [0, 0.1) is 0 Å². The second-order valence-electron chi connectivity index (χ2n) is 8.76. The van der Waals surface area contributed by atoms with E-state index in [0.717, 1.165) is 37.2 Å². The maximum atomic E-state index is 12.2. The molecule has 1 amide bonds. The van der Waals surface area contributed by atoms with Crippen LogP contribution < -0.4 is 10.8 Å². The Kier molecular flexibility index (Phi) is 6.29. The molecule has 2 heterocycles. The molecule has 0 saturated carbocycles. The quantitative estimate of drug-likeness (QED) is 0.778. The maximum absolute atomic E-state index is 12.2. The number of carbonyl (C=O) groups excluding carboxylic acids is 1. The van der Waals surface area contributed by atoms with Gasteiger partial charge >= 0.3 is 7.12 Å². The van der Waals surface area contributed by atoms with E-state index >= 15 is 0 Å². The summed E-state index contributed by atoms with van der Waals surface area (Å²) in [4.78, 5) is 14.6. The van der Waals surface area contributed by atoms with Crippen molar-refractivity contribution in [1.29, 1.82) is 0 Å². The highest BCUT2D eigenvalue weighted by Crippen LogP contribution is 2.36. The van der Waals surface area contributed by atoms with E-state index in [1.807, 2.05) is 24.3 Å². The molecular formula is C21H33BN2O3. The van der Waals surface area contributed by atoms with Gasteiger partial charge in [0.1, 0.15) is 0 Å². The Labute approximate surface area is 163 Å². The summed E-state index contributed by atoms with van der Waals surface area (Å²) < 4.78 is 12.2. The molecule has 6 heteroatoms. The third-order valence-electron chi connectivity index (χ3n) is 6.07. The standard InChI is InChI=1S/C21H33BN2O3/c1-20(2)21(3,4)27-22(26-20)18-10-8-17(9-11-18)16-19(25)23-12-15-24-13-6-5-7-14-24/h8-11H,5-7,12-16H2,1-4H3,(H,23,25). The van der Waals surface area contributed by atoms with E-state index in [4.69, 9.17) is 9.31 Å². The van der Waals surface area contributed by atoms with Crippen molar-refractivity contribution in [1.82, 2.24) is 10.2 Å². The van der Waals surface area contributed by atoms with Gasteiger partial charge in [0.2, 0.25) is 5.91 Å². The summed E-state index contributed by atoms with van der Waals surface area (Å²) in [6.45, 7) is 12.2. The maximum Gasteiger partial charge on any atom is 0.494 e. The predicted octanol–water partition coefficient (Wildman–Crippen LogP) is 2.13. The van der Waals surface area contributed by atoms with E-state index in [1.54, 1.807) is 0 Å². The first-order valence-electron chi connectivity index (χ1n) is 10.2. The van der Waals surface area contributed by atoms with Crippen LogP contribution in [0.4, 0.5) is 0 Å². The van der Waals surface area contributed by atoms with Crippen molar-refractivity contribution >= 4 is 18.5 Å². The summed E-state index contributed by atoms with van der Waals surface area (Å²) in [5.41, 5.74) is 1.31. The lowest BCUT2D eigenvalue weighted by Crippen LogP contribution is -2.41. The first-order valence-corrected chi connectivity index (χ1v) is 10.2. The zero-order valence-electron chi connectivity index (χ0n) is 17.2. The molecule has 0 aliphatic carbocycles. The third kappa shape index (κ3) is 5.12. The average molecular weight is 372 g/mol. The van der Waals surface area contributed by atoms with Crippen molar-refractivity contribution in [2.45, 2.75) is 64.6 Å². The lowest BCUT2D eigenvalue weighted by molar-refractivity contribution is -0.120. The van der Waals surface area contributed by atoms with Gasteiger partial charge in [0.25, 0.3) is 0 Å². The minimum atomic E-state index is -0.359. The van der Waals surface area contributed by atoms with Gasteiger partial charge in [0.15, 0.2) is 0 Å². The predicted molar refractivity (Wildman–Crippen MR) is 109 cm³/mol. The van der Waals surface area contributed by atoms with Crippen LogP contribution in [0.15, 0.2) is 24.3 Å². The number of amides is 1. The number of piperidine rings is 1. The van der Waals surface area contributed by atoms with E-state index < -0.39 is 0 Å². The first kappa shape index (κ1) is 20.4. The highest BCUT2D eigenvalue weighted by atomic mass is 16.7. The molecule has 1 N–H and O–H groups in total. The fourth-order valence-electron chi connectivity index (χ4n) is 3.56. The van der Waals surface area contributed by atoms with Crippen molar-refractivity contribution in [2.75, 3.05) is 26.2 Å². The molecule has 27 heavy (non-hydrogen) atoms. The molecule has 1 aromatic carbocycles. The largest absolute Gasteiger partial charge is 0.494 e. The van der Waals surface area contributed by atoms with Gasteiger partial charge in [-0.15, -0.1) is 0 Å². The number of nitrogens with zero attached hydrogens (tertiary/aromatic N) is 1. The fourth-order valence-corrected chi connectivity index (χ4v) is 3.56. The monoisotopic (exact) mass is 372 g/mol. The van der Waals surface area contributed by atoms with Crippen LogP contribution in [-0.2, 0) is 20.5 Å². The van der Waals surface area contributed by atoms with E-state index in [1.165, 1.54) is 19.3 Å². The Hall–Kier alpha value is -1.37. The molecule has 5 nitrogen and oxygen atoms in total. The molecule has 0 bridgehead atoms. The molecule has 0 atom stereocenters. The van der Waals surface area contributed by atoms with E-state index in [-0.39, 0.29) is 24.2 Å². The van der Waals surface area contributed by atoms with Crippen LogP contribution >= 0.6 is 0 Å². The molecule has 3 rings (SSSR count). The van der Waals surface area contributed by atoms with Gasteiger partial charge in [-0.25, -0.2) is 0 Å². The molecule has 148 valence electrons. The molecule has 2 aliphatic heterocycles. The lowest BCUT2D eigenvalue weighted by Gasteiger charge is -2.32. The lowest BCUT2D eigenvalue weighted by atomic mass is 9.79. The number of carbonyl (C=O) groups is 1. The molecular weight excluding hydrogens is 339 g/mol. The molecule has 2 fully saturated rings. The Morgan fingerprint density at radius 3 is 2.22 bits per heavy atom. The van der Waals surface area contributed by atoms with Gasteiger partial charge in [-0.1, -0.05) is 30.7 Å². The second kappa shape index (κ2) is 8.33. The Morgan fingerprint density at radius 2 is 1.63 bits per heavy atom. The Balaban J connectivity index is 1.45. The van der Waals surface area contributed by atoms with Crippen LogP contribution in [0.2, 0.25) is 0 Å². The fraction of sp³-hybridized carbons (Fsp3) is 0.667. The van der Waals surface area contributed by atoms with Crippen LogP contribution in [0.3, 0.4) is 0 Å². The van der Waals surface area contributed by atoms with Crippen LogP contribution in [0.5, 0.6) is 0 Å². The number of rotatable bonds is 6. The number of nitrogens with one attached hydrogen (secondary N) is 1. The van der Waals surface area contributed by atoms with Crippen LogP contribution in [-0.4, -0.2) is 55.3 Å². The highest BCUT2D eigenvalue weighted by Gasteiger charge is 2.51. The normalized spacial score (nSPS) is 22.0. The van der Waals surface area contributed by atoms with Crippen molar-refractivity contribution in [2.24, 2.45) is 0 Å². The van der Waals surface area contributed by atoms with Crippen molar-refractivity contribution < 1.29 is 14.1 Å². The molecule has 2 aliphatic rings. The second-order valence-corrected chi connectivity index (χ2v) is 8.76. The molecule has 2 saturated heterocycles. The van der Waals surface area contributed by atoms with Crippen LogP contribution in [0.25, 0.3) is 0 Å². The summed E-state index contributed by atoms with van der Waals surface area (Å²) in [7, 11) is -0.359. The average Bonchev–Trinajstić information content (AvgIpc) is 2.84. The minimum absolute atomic E-state index is 0.0791. The van der Waals surface area contributed by atoms with Gasteiger partial charge in [0.05, 0.1) is 17.6 Å². The van der Waals surface area contributed by atoms with Gasteiger partial charge in [-0.2, -0.15) is 0 Å². The van der Waals surface area contributed by atoms with Gasteiger partial charge < -0.3 is 19.5 Å². The smallest absolute Gasteiger partial charge is 0.399 e. The Bertz CT molecular complexity index is 623. The number of likely N-dealkylation sites (tertiary alicyclic amines) is 1. The summed E-state index contributed by atoms with van der Waals surface area (Å²) >= 11 is 0. The summed E-state index contributed by atoms with van der Waals surface area (Å²) in [5, 5.41) is 3.04. The minimum Gasteiger partial charge on any atom is -0.399 e. The summed E-state index contributed by atoms with van der Waals surface area (Å²) in [5.74, 6) is 0.0791. The van der Waals surface area contributed by atoms with Gasteiger partial charge in [0, 0.05) is 13.1 Å². The van der Waals surface area contributed by atoms with E-state index in [2.05, 4.69) is 37.9 Å². The van der Waals surface area contributed by atoms with Crippen molar-refractivity contribution in [3.63, 3.8) is 0 Å². The first-order chi connectivity index (χ1) is 12.8. The topological polar surface area (TPSA) is 50.8 Å². The molecule has 0 unspecified atom stereocenters. The SMILES string of the molecule is CC1(C)OB(c2ccc(CC(=O)NCCN3CCCCC3)cc2)OC1(C)C. The number of hydrogen-bond donors (Lipinski definition) is 1. The van der Waals surface area contributed by atoms with Crippen molar-refractivity contribution in [3.8, 4) is 0 Å². The zero-order chi connectivity index (χ0) is 19.5. The Morgan fingerprint density at radius 1 is 1.04 bits per heavy atom. The van der Waals surface area contributed by atoms with E-state index in [0.29, 0.717) is 6.42 Å². The molecule has 1 aromatic rings. The van der Waals surface area contributed by atoms with Crippen LogP contribution in [0.1, 0.15) is 52.5 Å². The summed E-state index contributed by atoms with van der Waals surface area (Å²) in [6.07, 6.45) is 4.31. The van der Waals surface area contributed by atoms with Crippen molar-refractivity contribution in [3.05, 3.63) is 29.8 Å². The number of hydrogen-bond acceptors (Lipinski definition) is 4. The number of benzene rings is 1.